The standard InChI is InChI=1S/C14H11BrN2/c15-14-5-11(6-16-7-14)8-17-9-12-3-1-2-4-13(12)10-17/h1-7,9-10H,8H2. The Hall–Kier alpha value is -1.61. The van der Waals surface area contributed by atoms with Crippen molar-refractivity contribution in [2.45, 2.75) is 6.54 Å². The molecule has 0 amide bonds. The number of rotatable bonds is 2. The van der Waals surface area contributed by atoms with Gasteiger partial charge < -0.3 is 4.57 Å². The molecule has 0 saturated carbocycles. The predicted octanol–water partition coefficient (Wildman–Crippen LogP) is 3.85. The molecule has 0 atom stereocenters. The molecule has 0 unspecified atom stereocenters. The minimum atomic E-state index is 0.848. The van der Waals surface area contributed by atoms with Crippen molar-refractivity contribution in [1.82, 2.24) is 9.55 Å². The summed E-state index contributed by atoms with van der Waals surface area (Å²) < 4.78 is 3.21. The van der Waals surface area contributed by atoms with E-state index in [4.69, 9.17) is 0 Å². The lowest BCUT2D eigenvalue weighted by atomic mass is 10.2. The second-order valence-electron chi connectivity index (χ2n) is 4.07. The number of nitrogens with zero attached hydrogens (tertiary/aromatic N) is 2. The number of fused-ring (bicyclic) bond motifs is 1. The van der Waals surface area contributed by atoms with Gasteiger partial charge in [-0.15, -0.1) is 0 Å². The monoisotopic (exact) mass is 286 g/mol. The van der Waals surface area contributed by atoms with E-state index in [1.54, 1.807) is 6.20 Å². The van der Waals surface area contributed by atoms with Crippen LogP contribution >= 0.6 is 15.9 Å². The molecule has 0 bridgehead atoms. The van der Waals surface area contributed by atoms with Crippen LogP contribution in [0.3, 0.4) is 0 Å². The highest BCUT2D eigenvalue weighted by Gasteiger charge is 1.99. The van der Waals surface area contributed by atoms with Crippen LogP contribution in [0.25, 0.3) is 10.8 Å². The maximum absolute atomic E-state index is 4.17. The summed E-state index contributed by atoms with van der Waals surface area (Å²) in [7, 11) is 0. The van der Waals surface area contributed by atoms with Crippen molar-refractivity contribution >= 4 is 26.7 Å². The molecule has 0 saturated heterocycles. The third-order valence-electron chi connectivity index (χ3n) is 2.73. The smallest absolute Gasteiger partial charge is 0.0486 e. The van der Waals surface area contributed by atoms with Crippen LogP contribution in [0, 0.1) is 0 Å². The van der Waals surface area contributed by atoms with Gasteiger partial charge in [-0.05, 0) is 38.3 Å². The van der Waals surface area contributed by atoms with E-state index in [9.17, 15) is 0 Å². The molecule has 2 heterocycles. The van der Waals surface area contributed by atoms with Crippen molar-refractivity contribution < 1.29 is 0 Å². The minimum Gasteiger partial charge on any atom is -0.349 e. The Morgan fingerprint density at radius 1 is 1.06 bits per heavy atom. The molecule has 0 N–H and O–H groups in total. The van der Waals surface area contributed by atoms with Crippen molar-refractivity contribution in [3.05, 3.63) is 65.2 Å². The Balaban J connectivity index is 1.94. The zero-order chi connectivity index (χ0) is 11.7. The van der Waals surface area contributed by atoms with Crippen molar-refractivity contribution in [2.75, 3.05) is 0 Å². The van der Waals surface area contributed by atoms with Crippen LogP contribution in [0.2, 0.25) is 0 Å². The molecule has 0 spiro atoms. The van der Waals surface area contributed by atoms with E-state index in [0.717, 1.165) is 11.0 Å². The van der Waals surface area contributed by atoms with Gasteiger partial charge in [-0.2, -0.15) is 0 Å². The first kappa shape index (κ1) is 10.5. The average molecular weight is 287 g/mol. The molecule has 2 aromatic heterocycles. The van der Waals surface area contributed by atoms with Gasteiger partial charge in [0.2, 0.25) is 0 Å². The molecule has 2 nitrogen and oxygen atoms in total. The van der Waals surface area contributed by atoms with Crippen LogP contribution in [0.1, 0.15) is 5.56 Å². The lowest BCUT2D eigenvalue weighted by Crippen LogP contribution is -1.96. The normalized spacial score (nSPS) is 10.9. The Kier molecular flexibility index (Phi) is 2.69. The molecular weight excluding hydrogens is 276 g/mol. The molecule has 3 heteroatoms. The van der Waals surface area contributed by atoms with Gasteiger partial charge >= 0.3 is 0 Å². The van der Waals surface area contributed by atoms with Crippen LogP contribution in [0.5, 0.6) is 0 Å². The Labute approximate surface area is 108 Å². The van der Waals surface area contributed by atoms with Crippen LogP contribution in [0.15, 0.2) is 59.6 Å². The van der Waals surface area contributed by atoms with Gasteiger partial charge in [0.15, 0.2) is 0 Å². The van der Waals surface area contributed by atoms with Crippen molar-refractivity contribution in [3.63, 3.8) is 0 Å². The van der Waals surface area contributed by atoms with E-state index in [0.29, 0.717) is 0 Å². The lowest BCUT2D eigenvalue weighted by Gasteiger charge is -2.02. The minimum absolute atomic E-state index is 0.848. The Morgan fingerprint density at radius 2 is 1.76 bits per heavy atom. The van der Waals surface area contributed by atoms with Crippen LogP contribution in [-0.4, -0.2) is 9.55 Å². The third-order valence-corrected chi connectivity index (χ3v) is 3.17. The van der Waals surface area contributed by atoms with Gasteiger partial charge in [0.05, 0.1) is 0 Å². The van der Waals surface area contributed by atoms with Gasteiger partial charge in [-0.3, -0.25) is 4.98 Å². The third kappa shape index (κ3) is 2.24. The van der Waals surface area contributed by atoms with E-state index in [1.165, 1.54) is 16.3 Å². The van der Waals surface area contributed by atoms with E-state index in [2.05, 4.69) is 68.2 Å². The number of pyridine rings is 1. The highest BCUT2D eigenvalue weighted by Crippen LogP contribution is 2.16. The molecule has 1 aromatic carbocycles. The maximum Gasteiger partial charge on any atom is 0.0486 e. The highest BCUT2D eigenvalue weighted by molar-refractivity contribution is 9.10. The Bertz CT molecular complexity index is 625. The second kappa shape index (κ2) is 4.34. The summed E-state index contributed by atoms with van der Waals surface area (Å²) in [4.78, 5) is 4.17. The number of hydrogen-bond donors (Lipinski definition) is 0. The van der Waals surface area contributed by atoms with Gasteiger partial charge in [-0.25, -0.2) is 0 Å². The van der Waals surface area contributed by atoms with Gasteiger partial charge in [-0.1, -0.05) is 24.3 Å². The molecular formula is C14H11BrN2. The van der Waals surface area contributed by atoms with E-state index >= 15 is 0 Å². The fraction of sp³-hybridized carbons (Fsp3) is 0.0714. The number of benzene rings is 1. The predicted molar refractivity (Wildman–Crippen MR) is 73.0 cm³/mol. The zero-order valence-electron chi connectivity index (χ0n) is 9.18. The van der Waals surface area contributed by atoms with Crippen molar-refractivity contribution in [2.24, 2.45) is 0 Å². The maximum atomic E-state index is 4.17. The van der Waals surface area contributed by atoms with Crippen molar-refractivity contribution in [3.8, 4) is 0 Å². The summed E-state index contributed by atoms with van der Waals surface area (Å²) in [6.45, 7) is 0.848. The van der Waals surface area contributed by atoms with Crippen LogP contribution < -0.4 is 0 Å². The first-order valence-electron chi connectivity index (χ1n) is 5.45. The fourth-order valence-corrected chi connectivity index (χ4v) is 2.40. The molecule has 17 heavy (non-hydrogen) atoms. The van der Waals surface area contributed by atoms with Crippen molar-refractivity contribution in [1.29, 1.82) is 0 Å². The van der Waals surface area contributed by atoms with Crippen LogP contribution in [-0.2, 0) is 6.54 Å². The zero-order valence-corrected chi connectivity index (χ0v) is 10.8. The summed E-state index contributed by atoms with van der Waals surface area (Å²) in [5.74, 6) is 0. The lowest BCUT2D eigenvalue weighted by molar-refractivity contribution is 0.805. The molecule has 0 aliphatic carbocycles. The summed E-state index contributed by atoms with van der Waals surface area (Å²) >= 11 is 3.44. The molecule has 0 radical (unpaired) electrons. The molecule has 3 aromatic rings. The molecule has 84 valence electrons. The molecule has 0 aliphatic rings. The van der Waals surface area contributed by atoms with Gasteiger partial charge in [0.25, 0.3) is 0 Å². The van der Waals surface area contributed by atoms with Crippen LogP contribution in [0.4, 0.5) is 0 Å². The van der Waals surface area contributed by atoms with E-state index < -0.39 is 0 Å². The summed E-state index contributed by atoms with van der Waals surface area (Å²) in [6.07, 6.45) is 8.03. The second-order valence-corrected chi connectivity index (χ2v) is 4.99. The van der Waals surface area contributed by atoms with E-state index in [-0.39, 0.29) is 0 Å². The number of aromatic nitrogens is 2. The van der Waals surface area contributed by atoms with Gasteiger partial charge in [0.1, 0.15) is 0 Å². The fourth-order valence-electron chi connectivity index (χ4n) is 1.99. The summed E-state index contributed by atoms with van der Waals surface area (Å²) in [5.41, 5.74) is 1.19. The average Bonchev–Trinajstić information content (AvgIpc) is 2.71. The number of halogens is 1. The SMILES string of the molecule is Brc1cncc(Cn2cc3ccccc3c2)c1. The highest BCUT2D eigenvalue weighted by atomic mass is 79.9. The molecule has 0 fully saturated rings. The Morgan fingerprint density at radius 3 is 2.41 bits per heavy atom. The number of hydrogen-bond acceptors (Lipinski definition) is 1. The largest absolute Gasteiger partial charge is 0.349 e. The summed E-state index contributed by atoms with van der Waals surface area (Å²) in [6, 6.07) is 10.5. The molecule has 0 aliphatic heterocycles. The van der Waals surface area contributed by atoms with E-state index in [1.807, 2.05) is 6.20 Å². The quantitative estimate of drug-likeness (QED) is 0.700. The topological polar surface area (TPSA) is 17.8 Å². The first-order chi connectivity index (χ1) is 8.31. The molecule has 3 rings (SSSR count). The van der Waals surface area contributed by atoms with Gasteiger partial charge in [0, 0.05) is 35.8 Å². The summed E-state index contributed by atoms with van der Waals surface area (Å²) in [5, 5.41) is 2.55. The first-order valence-corrected chi connectivity index (χ1v) is 6.24.